The highest BCUT2D eigenvalue weighted by Gasteiger charge is 2.38. The molecule has 11 aromatic rings. The van der Waals surface area contributed by atoms with Crippen molar-refractivity contribution in [3.05, 3.63) is 224 Å². The molecule has 0 bridgehead atoms. The van der Waals surface area contributed by atoms with Crippen LogP contribution in [0.15, 0.2) is 213 Å². The van der Waals surface area contributed by atoms with Crippen molar-refractivity contribution < 1.29 is 43.5 Å². The van der Waals surface area contributed by atoms with Gasteiger partial charge < -0.3 is 44.3 Å². The van der Waals surface area contributed by atoms with Gasteiger partial charge in [0, 0.05) is 127 Å². The Kier molecular flexibility index (Phi) is 21.5. The molecule has 0 spiro atoms. The number of nitrogens with one attached hydrogen (secondary N) is 1. The number of nitrogens with zero attached hydrogens (tertiary/aromatic N) is 8. The molecule has 3 aliphatic rings. The number of hydrogen-bond donors (Lipinski definition) is 3. The van der Waals surface area contributed by atoms with Gasteiger partial charge in [0.15, 0.2) is 0 Å². The molecule has 3 fully saturated rings. The first-order chi connectivity index (χ1) is 46.6. The highest BCUT2D eigenvalue weighted by Crippen LogP contribution is 2.38. The van der Waals surface area contributed by atoms with Crippen LogP contribution >= 0.6 is 0 Å². The number of aliphatic hydroxyl groups excluding tert-OH is 1. The molecule has 3 amide bonds. The number of hydrogen-bond acceptors (Lipinski definition) is 15. The van der Waals surface area contributed by atoms with Crippen LogP contribution in [0.1, 0.15) is 77.1 Å². The van der Waals surface area contributed by atoms with Gasteiger partial charge >= 0.3 is 0 Å². The van der Waals surface area contributed by atoms with Gasteiger partial charge in [-0.2, -0.15) is 0 Å². The van der Waals surface area contributed by atoms with Crippen molar-refractivity contribution in [2.45, 2.75) is 84.3 Å². The summed E-state index contributed by atoms with van der Waals surface area (Å²) in [5, 5.41) is 25.1. The van der Waals surface area contributed by atoms with E-state index in [1.165, 1.54) is 0 Å². The number of carbonyl (C=O) groups is 3. The van der Waals surface area contributed by atoms with Gasteiger partial charge in [-0.05, 0) is 179 Å². The number of aromatic hydroxyl groups is 1. The normalized spacial score (nSPS) is 17.4. The predicted molar refractivity (Wildman–Crippen MR) is 372 cm³/mol. The van der Waals surface area contributed by atoms with Crippen LogP contribution < -0.4 is 24.3 Å². The van der Waals surface area contributed by atoms with E-state index in [-0.39, 0.29) is 65.5 Å². The van der Waals surface area contributed by atoms with E-state index < -0.39 is 6.10 Å². The van der Waals surface area contributed by atoms with Gasteiger partial charge in [-0.3, -0.25) is 44.3 Å². The summed E-state index contributed by atoms with van der Waals surface area (Å²) in [6.45, 7) is 11.9. The number of pyridine rings is 6. The molecule has 8 atom stereocenters. The maximum absolute atomic E-state index is 13.0. The minimum Gasteiger partial charge on any atom is -0.507 e. The number of phenolic OH excluding ortho intramolecular Hbond substituents is 1. The highest BCUT2D eigenvalue weighted by molar-refractivity contribution is 5.92. The maximum atomic E-state index is 13.0. The number of likely N-dealkylation sites (tertiary alicyclic amines) is 2. The molecule has 490 valence electrons. The van der Waals surface area contributed by atoms with Crippen molar-refractivity contribution in [1.29, 1.82) is 0 Å². The third-order valence-electron chi connectivity index (χ3n) is 18.1. The number of amides is 3. The van der Waals surface area contributed by atoms with E-state index in [9.17, 15) is 24.6 Å². The van der Waals surface area contributed by atoms with Crippen molar-refractivity contribution in [2.24, 2.45) is 17.8 Å². The number of benzene rings is 5. The van der Waals surface area contributed by atoms with Crippen LogP contribution in [-0.2, 0) is 14.4 Å². The summed E-state index contributed by atoms with van der Waals surface area (Å²) >= 11 is 0. The van der Waals surface area contributed by atoms with E-state index in [4.69, 9.17) is 18.9 Å². The van der Waals surface area contributed by atoms with Crippen LogP contribution in [0.2, 0.25) is 0 Å². The summed E-state index contributed by atoms with van der Waals surface area (Å²) in [6.07, 6.45) is 11.3. The molecule has 3 N–H and O–H groups in total. The average Bonchev–Trinajstić information content (AvgIpc) is 1.29. The van der Waals surface area contributed by atoms with Gasteiger partial charge in [-0.1, -0.05) is 42.5 Å². The molecule has 3 aliphatic heterocycles. The van der Waals surface area contributed by atoms with E-state index in [1.54, 1.807) is 64.4 Å². The number of carbonyl (C=O) groups excluding carboxylic acids is 3. The zero-order valence-electron chi connectivity index (χ0n) is 54.9. The third kappa shape index (κ3) is 16.0. The second kappa shape index (κ2) is 30.9. The fraction of sp³-hybridized carbons (Fsp3) is 0.269. The number of ether oxygens (including phenoxy) is 4. The van der Waals surface area contributed by atoms with E-state index in [0.29, 0.717) is 38.9 Å². The standard InChI is InChI=1S/C29H29N3O3.C20H19N3O2.C15H21NO3.C14H10N2O/c1-19(21-9-11-24(34-3)12-10-21)32-18-23(17-29(32)33)20(2)35-28-16-22(26-8-4-5-13-30-26)15-27-25(28)7-6-14-31-27;1-13(15-11-20(24)23-12-15)25-19-10-14(17-6-2-3-7-21-17)9-18-16(19)5-4-8-22-18;1-10(12-4-6-14(19-3)7-5-12)16-9-13(11(2)17)8-15(16)18;17-14-9-10(12-5-1-2-6-15-12)8-13-11(14)4-3-7-16-13/h4-16,19-20,23H,17-18H2,1-3H3;2-10,13,15H,11-12H2,1H3,(H,23,24);4-7,10-11,13,17H,8-9H2,1-3H3;1-9,17H/t19?,20-,23-;13-,15-;10-,11-,13+;/m110./s1. The van der Waals surface area contributed by atoms with Gasteiger partial charge in [-0.25, -0.2) is 0 Å². The topological polar surface area (TPSA) is 224 Å². The van der Waals surface area contributed by atoms with Gasteiger partial charge in [-0.15, -0.1) is 0 Å². The first-order valence-corrected chi connectivity index (χ1v) is 32.4. The molecule has 18 nitrogen and oxygen atoms in total. The molecule has 96 heavy (non-hydrogen) atoms. The van der Waals surface area contributed by atoms with Crippen molar-refractivity contribution in [3.8, 4) is 62.5 Å². The highest BCUT2D eigenvalue weighted by atomic mass is 16.5. The van der Waals surface area contributed by atoms with Crippen molar-refractivity contribution in [2.75, 3.05) is 33.9 Å². The van der Waals surface area contributed by atoms with Crippen LogP contribution in [0.5, 0.6) is 28.7 Å². The Morgan fingerprint density at radius 1 is 0.448 bits per heavy atom. The van der Waals surface area contributed by atoms with Crippen LogP contribution in [0, 0.1) is 17.8 Å². The number of fused-ring (bicyclic) bond motifs is 3. The van der Waals surface area contributed by atoms with Gasteiger partial charge in [0.05, 0.1) is 66.0 Å². The first kappa shape index (κ1) is 66.6. The molecule has 0 aliphatic carbocycles. The molecule has 14 rings (SSSR count). The van der Waals surface area contributed by atoms with Crippen molar-refractivity contribution >= 4 is 50.4 Å². The SMILES string of the molecule is COc1ccc(C(C)N2C[C@H]([C@@H](C)Oc3cc(-c4ccccn4)cc4ncccc34)CC2=O)cc1.COc1ccc([C@H](C)N2C[C@H]([C@H](C)O)CC2=O)cc1.C[C@@H](Oc1cc(-c2ccccn2)cc2ncccc12)[C@H]1CNC(=O)C1.Oc1cc(-c2ccccn2)cc2ncccc12. The molecule has 6 aromatic heterocycles. The Morgan fingerprint density at radius 2 is 0.844 bits per heavy atom. The number of rotatable bonds is 16. The number of aliphatic hydroxyl groups is 1. The predicted octanol–water partition coefficient (Wildman–Crippen LogP) is 13.9. The summed E-state index contributed by atoms with van der Waals surface area (Å²) in [6, 6.07) is 56.3. The summed E-state index contributed by atoms with van der Waals surface area (Å²) in [7, 11) is 3.29. The molecule has 5 aromatic carbocycles. The summed E-state index contributed by atoms with van der Waals surface area (Å²) < 4.78 is 23.2. The Hall–Kier alpha value is -10.9. The summed E-state index contributed by atoms with van der Waals surface area (Å²) in [5.41, 5.74) is 10.0. The van der Waals surface area contributed by atoms with E-state index in [1.807, 2.05) is 194 Å². The summed E-state index contributed by atoms with van der Waals surface area (Å²) in [4.78, 5) is 66.7. The van der Waals surface area contributed by atoms with Crippen LogP contribution in [0.3, 0.4) is 0 Å². The van der Waals surface area contributed by atoms with Crippen molar-refractivity contribution in [3.63, 3.8) is 0 Å². The zero-order valence-corrected chi connectivity index (χ0v) is 54.9. The molecule has 3 saturated heterocycles. The second-order valence-corrected chi connectivity index (χ2v) is 24.4. The lowest BCUT2D eigenvalue weighted by Crippen LogP contribution is -2.31. The zero-order chi connectivity index (χ0) is 67.2. The number of aromatic nitrogens is 6. The lowest BCUT2D eigenvalue weighted by atomic mass is 10.0. The molecule has 18 heteroatoms. The second-order valence-electron chi connectivity index (χ2n) is 24.4. The number of phenols is 1. The molecular formula is C78H79N9O9. The quantitative estimate of drug-likeness (QED) is 0.0818. The van der Waals surface area contributed by atoms with Gasteiger partial charge in [0.25, 0.3) is 0 Å². The molecule has 0 radical (unpaired) electrons. The maximum Gasteiger partial charge on any atom is 0.223 e. The Balaban J connectivity index is 0.000000135. The largest absolute Gasteiger partial charge is 0.507 e. The minimum absolute atomic E-state index is 0.0110. The number of methoxy groups -OCH3 is 2. The van der Waals surface area contributed by atoms with E-state index >= 15 is 0 Å². The van der Waals surface area contributed by atoms with Gasteiger partial charge in [0.1, 0.15) is 41.0 Å². The molecule has 0 saturated carbocycles. The Bertz CT molecular complexity index is 4440. The van der Waals surface area contributed by atoms with Crippen LogP contribution in [-0.4, -0.2) is 120 Å². The van der Waals surface area contributed by atoms with Crippen LogP contribution in [0.4, 0.5) is 0 Å². The van der Waals surface area contributed by atoms with E-state index in [0.717, 1.165) is 101 Å². The monoisotopic (exact) mass is 1290 g/mol. The van der Waals surface area contributed by atoms with E-state index in [2.05, 4.69) is 49.1 Å². The average molecular weight is 1290 g/mol. The Labute approximate surface area is 559 Å². The molecule has 9 heterocycles. The Morgan fingerprint density at radius 3 is 1.24 bits per heavy atom. The lowest BCUT2D eigenvalue weighted by Gasteiger charge is -2.27. The fourth-order valence-corrected chi connectivity index (χ4v) is 12.3. The minimum atomic E-state index is -0.433. The van der Waals surface area contributed by atoms with Crippen molar-refractivity contribution in [1.82, 2.24) is 45.0 Å². The third-order valence-corrected chi connectivity index (χ3v) is 18.1. The first-order valence-electron chi connectivity index (χ1n) is 32.4. The summed E-state index contributed by atoms with van der Waals surface area (Å²) in [5.74, 6) is 4.08. The van der Waals surface area contributed by atoms with Crippen LogP contribution in [0.25, 0.3) is 66.5 Å². The molecular weight excluding hydrogens is 1210 g/mol. The molecule has 1 unspecified atom stereocenters. The smallest absolute Gasteiger partial charge is 0.223 e. The van der Waals surface area contributed by atoms with Gasteiger partial charge in [0.2, 0.25) is 17.7 Å². The fourth-order valence-electron chi connectivity index (χ4n) is 12.3. The lowest BCUT2D eigenvalue weighted by molar-refractivity contribution is -0.130.